The van der Waals surface area contributed by atoms with Gasteiger partial charge in [-0.2, -0.15) is 0 Å². The fourth-order valence-electron chi connectivity index (χ4n) is 5.11. The van der Waals surface area contributed by atoms with Crippen molar-refractivity contribution in [2.75, 3.05) is 13.2 Å². The molecule has 2 N–H and O–H groups in total. The summed E-state index contributed by atoms with van der Waals surface area (Å²) in [6, 6.07) is 0. The molecule has 0 aromatic heterocycles. The molecule has 1 aliphatic heterocycles. The van der Waals surface area contributed by atoms with Crippen LogP contribution in [-0.4, -0.2) is 53.3 Å². The van der Waals surface area contributed by atoms with Gasteiger partial charge in [0.15, 0.2) is 6.10 Å². The van der Waals surface area contributed by atoms with Crippen molar-refractivity contribution in [1.29, 1.82) is 0 Å². The Bertz CT molecular complexity index is 1120. The topological polar surface area (TPSA) is 132 Å². The molecular weight excluding hydrogens is 667 g/mol. The Morgan fingerprint density at radius 2 is 1.12 bits per heavy atom. The van der Waals surface area contributed by atoms with Crippen molar-refractivity contribution in [2.45, 2.75) is 161 Å². The molecule has 3 atom stereocenters. The third-order valence-electron chi connectivity index (χ3n) is 8.12. The first-order valence-electron chi connectivity index (χ1n) is 19.4. The van der Waals surface area contributed by atoms with E-state index >= 15 is 0 Å². The lowest BCUT2D eigenvalue weighted by Crippen LogP contribution is -2.29. The first-order chi connectivity index (χ1) is 24.7. The molecule has 51 heavy (non-hydrogen) atoms. The van der Waals surface area contributed by atoms with Crippen LogP contribution in [-0.2, 0) is 32.9 Å². The predicted octanol–water partition coefficient (Wildman–Crippen LogP) is 10.5. The molecule has 0 bridgehead atoms. The van der Waals surface area contributed by atoms with Crippen LogP contribution in [0.2, 0.25) is 0 Å². The normalized spacial score (nSPS) is 17.3. The zero-order valence-corrected chi connectivity index (χ0v) is 32.3. The van der Waals surface area contributed by atoms with Gasteiger partial charge in [0.05, 0.1) is 18.8 Å². The van der Waals surface area contributed by atoms with Gasteiger partial charge in [0, 0.05) is 12.8 Å². The van der Waals surface area contributed by atoms with Gasteiger partial charge in [0.2, 0.25) is 0 Å². The molecule has 1 rings (SSSR count). The number of carbonyl (C=O) groups excluding carboxylic acids is 2. The largest absolute Gasteiger partial charge is 0.469 e. The molecule has 1 heterocycles. The summed E-state index contributed by atoms with van der Waals surface area (Å²) in [4.78, 5) is 42.8. The Balaban J connectivity index is 2.19. The summed E-state index contributed by atoms with van der Waals surface area (Å²) in [6.45, 7) is 3.51. The lowest BCUT2D eigenvalue weighted by molar-refractivity contribution is -0.161. The minimum atomic E-state index is -4.79. The monoisotopic (exact) mass is 734 g/mol. The highest BCUT2D eigenvalue weighted by Crippen LogP contribution is 2.36. The standard InChI is InChI=1S/C41H67O9P/c1-3-5-7-9-11-13-15-17-18-19-21-23-25-27-29-33-41(43)49-37(36-48-51(44,45)46)35-47-40(42)34-30-32-39-38(50-39)31-28-26-24-22-20-16-14-12-10-8-6-4-2/h11-14,17-18,20-23,26,28,37-39H,3-10,15-16,19,24-25,27,29-36H2,1-2H3,(H2,44,45,46)/b13-11-,14-12-,18-17-,22-20-,23-21-,28-26-/t37-,38?,39?/m1/s1. The lowest BCUT2D eigenvalue weighted by atomic mass is 10.1. The van der Waals surface area contributed by atoms with E-state index in [4.69, 9.17) is 24.0 Å². The summed E-state index contributed by atoms with van der Waals surface area (Å²) in [5.74, 6) is -1.01. The van der Waals surface area contributed by atoms with Gasteiger partial charge >= 0.3 is 19.8 Å². The maximum absolute atomic E-state index is 12.4. The van der Waals surface area contributed by atoms with Gasteiger partial charge in [-0.05, 0) is 89.9 Å². The van der Waals surface area contributed by atoms with E-state index in [9.17, 15) is 14.2 Å². The maximum atomic E-state index is 12.4. The van der Waals surface area contributed by atoms with Crippen LogP contribution in [0.1, 0.15) is 142 Å². The molecule has 0 aromatic carbocycles. The molecule has 0 saturated carbocycles. The van der Waals surface area contributed by atoms with E-state index in [-0.39, 0.29) is 31.7 Å². The van der Waals surface area contributed by atoms with E-state index in [1.807, 2.05) is 0 Å². The summed E-state index contributed by atoms with van der Waals surface area (Å²) in [6.07, 6.45) is 43.6. The fraction of sp³-hybridized carbons (Fsp3) is 0.659. The van der Waals surface area contributed by atoms with Crippen LogP contribution in [0.4, 0.5) is 0 Å². The molecule has 1 saturated heterocycles. The minimum absolute atomic E-state index is 0.130. The zero-order valence-electron chi connectivity index (χ0n) is 31.4. The van der Waals surface area contributed by atoms with Gasteiger partial charge in [-0.3, -0.25) is 14.1 Å². The van der Waals surface area contributed by atoms with E-state index < -0.39 is 32.5 Å². The Labute approximate surface area is 308 Å². The Kier molecular flexibility index (Phi) is 29.3. The summed E-state index contributed by atoms with van der Waals surface area (Å²) >= 11 is 0. The number of ether oxygens (including phenoxy) is 3. The number of rotatable bonds is 33. The number of hydrogen-bond donors (Lipinski definition) is 2. The van der Waals surface area contributed by atoms with Gasteiger partial charge in [-0.25, -0.2) is 4.57 Å². The second-order valence-corrected chi connectivity index (χ2v) is 14.2. The van der Waals surface area contributed by atoms with E-state index in [0.717, 1.165) is 64.2 Å². The summed E-state index contributed by atoms with van der Waals surface area (Å²) in [5, 5.41) is 0. The van der Waals surface area contributed by atoms with Crippen molar-refractivity contribution in [2.24, 2.45) is 0 Å². The number of phosphoric acid groups is 1. The molecule has 0 aromatic rings. The molecule has 0 spiro atoms. The summed E-state index contributed by atoms with van der Waals surface area (Å²) in [7, 11) is -4.79. The highest BCUT2D eigenvalue weighted by molar-refractivity contribution is 7.46. The fourth-order valence-corrected chi connectivity index (χ4v) is 5.47. The van der Waals surface area contributed by atoms with Gasteiger partial charge in [-0.1, -0.05) is 112 Å². The highest BCUT2D eigenvalue weighted by Gasteiger charge is 2.36. The van der Waals surface area contributed by atoms with Crippen molar-refractivity contribution in [3.8, 4) is 0 Å². The van der Waals surface area contributed by atoms with Crippen LogP contribution in [0.3, 0.4) is 0 Å². The average Bonchev–Trinajstić information content (AvgIpc) is 3.85. The molecule has 2 unspecified atom stereocenters. The van der Waals surface area contributed by atoms with E-state index in [2.05, 4.69) is 91.3 Å². The van der Waals surface area contributed by atoms with Gasteiger partial charge in [-0.15, -0.1) is 0 Å². The molecule has 10 heteroatoms. The van der Waals surface area contributed by atoms with Crippen LogP contribution in [0, 0.1) is 0 Å². The van der Waals surface area contributed by atoms with E-state index in [1.165, 1.54) is 38.5 Å². The van der Waals surface area contributed by atoms with Gasteiger partial charge in [0.25, 0.3) is 0 Å². The molecule has 290 valence electrons. The quantitative estimate of drug-likeness (QED) is 0.0222. The number of allylic oxidation sites excluding steroid dienone is 11. The third-order valence-corrected chi connectivity index (χ3v) is 8.61. The zero-order chi connectivity index (χ0) is 37.3. The molecule has 9 nitrogen and oxygen atoms in total. The number of carbonyl (C=O) groups is 2. The molecule has 0 radical (unpaired) electrons. The second kappa shape index (κ2) is 32.1. The predicted molar refractivity (Wildman–Crippen MR) is 206 cm³/mol. The summed E-state index contributed by atoms with van der Waals surface area (Å²) < 4.78 is 32.0. The number of esters is 2. The number of epoxide rings is 1. The van der Waals surface area contributed by atoms with Crippen LogP contribution in [0.5, 0.6) is 0 Å². The Hall–Kier alpha value is -2.55. The van der Waals surface area contributed by atoms with Crippen molar-refractivity contribution < 1.29 is 42.7 Å². The first kappa shape index (κ1) is 46.5. The Morgan fingerprint density at radius 1 is 0.627 bits per heavy atom. The second-order valence-electron chi connectivity index (χ2n) is 12.9. The molecule has 0 amide bonds. The molecule has 0 aliphatic carbocycles. The van der Waals surface area contributed by atoms with Crippen molar-refractivity contribution in [1.82, 2.24) is 0 Å². The maximum Gasteiger partial charge on any atom is 0.469 e. The van der Waals surface area contributed by atoms with Crippen LogP contribution < -0.4 is 0 Å². The molecular formula is C41H67O9P. The first-order valence-corrected chi connectivity index (χ1v) is 20.9. The van der Waals surface area contributed by atoms with Crippen LogP contribution >= 0.6 is 7.82 Å². The van der Waals surface area contributed by atoms with Crippen molar-refractivity contribution in [3.63, 3.8) is 0 Å². The van der Waals surface area contributed by atoms with E-state index in [0.29, 0.717) is 12.8 Å². The molecule has 1 fully saturated rings. The van der Waals surface area contributed by atoms with Crippen LogP contribution in [0.15, 0.2) is 72.9 Å². The number of unbranched alkanes of at least 4 members (excludes halogenated alkanes) is 8. The van der Waals surface area contributed by atoms with E-state index in [1.54, 1.807) is 0 Å². The third kappa shape index (κ3) is 31.9. The van der Waals surface area contributed by atoms with Gasteiger partial charge in [0.1, 0.15) is 6.61 Å². The summed E-state index contributed by atoms with van der Waals surface area (Å²) in [5.41, 5.74) is 0. The molecule has 1 aliphatic rings. The minimum Gasteiger partial charge on any atom is -0.462 e. The van der Waals surface area contributed by atoms with Crippen LogP contribution in [0.25, 0.3) is 0 Å². The van der Waals surface area contributed by atoms with Crippen molar-refractivity contribution in [3.05, 3.63) is 72.9 Å². The number of phosphoric ester groups is 1. The number of hydrogen-bond acceptors (Lipinski definition) is 7. The Morgan fingerprint density at radius 3 is 1.65 bits per heavy atom. The SMILES string of the molecule is CCCCC/C=C\C/C=C\C/C=C\CCCCC(=O)O[C@H](COC(=O)CCCC1OC1C/C=C\C/C=C\C/C=C\CCCCC)COP(=O)(O)O. The van der Waals surface area contributed by atoms with Gasteiger partial charge < -0.3 is 24.0 Å². The lowest BCUT2D eigenvalue weighted by Gasteiger charge is -2.18. The average molecular weight is 735 g/mol. The van der Waals surface area contributed by atoms with Crippen molar-refractivity contribution >= 4 is 19.8 Å². The highest BCUT2D eigenvalue weighted by atomic mass is 31.2. The smallest absolute Gasteiger partial charge is 0.462 e.